The van der Waals surface area contributed by atoms with E-state index in [9.17, 15) is 13.5 Å². The fraction of sp³-hybridized carbons (Fsp3) is 0.625. The lowest BCUT2D eigenvalue weighted by atomic mass is 9.92. The summed E-state index contributed by atoms with van der Waals surface area (Å²) in [6.07, 6.45) is 3.37. The van der Waals surface area contributed by atoms with Crippen molar-refractivity contribution in [2.75, 3.05) is 20.1 Å². The van der Waals surface area contributed by atoms with Crippen LogP contribution in [0, 0.1) is 5.92 Å². The molecule has 2 aliphatic rings. The number of piperidine rings is 1. The fourth-order valence-electron chi connectivity index (χ4n) is 3.25. The Labute approximate surface area is 132 Å². The Balaban J connectivity index is 1.68. The van der Waals surface area contributed by atoms with Gasteiger partial charge < -0.3 is 5.11 Å². The lowest BCUT2D eigenvalue weighted by Gasteiger charge is -2.36. The summed E-state index contributed by atoms with van der Waals surface area (Å²) in [7, 11) is -1.85. The predicted molar refractivity (Wildman–Crippen MR) is 85.3 cm³/mol. The van der Waals surface area contributed by atoms with Crippen LogP contribution in [0.25, 0.3) is 0 Å². The van der Waals surface area contributed by atoms with Crippen molar-refractivity contribution in [3.8, 4) is 0 Å². The van der Waals surface area contributed by atoms with Gasteiger partial charge in [-0.25, -0.2) is 0 Å². The Morgan fingerprint density at radius 2 is 2.00 bits per heavy atom. The van der Waals surface area contributed by atoms with E-state index < -0.39 is 15.8 Å². The van der Waals surface area contributed by atoms with Crippen LogP contribution in [0.4, 0.5) is 0 Å². The zero-order chi connectivity index (χ0) is 15.8. The molecule has 1 aromatic rings. The molecule has 1 saturated heterocycles. The third-order valence-corrected chi connectivity index (χ3v) is 6.78. The molecule has 22 heavy (non-hydrogen) atoms. The molecular formula is C16H24N2O3S. The molecule has 1 N–H and O–H groups in total. The summed E-state index contributed by atoms with van der Waals surface area (Å²) < 4.78 is 28.5. The maximum atomic E-state index is 12.8. The van der Waals surface area contributed by atoms with E-state index >= 15 is 0 Å². The van der Waals surface area contributed by atoms with Gasteiger partial charge in [0, 0.05) is 32.6 Å². The lowest BCUT2D eigenvalue weighted by Crippen LogP contribution is -2.48. The molecule has 1 unspecified atom stereocenters. The van der Waals surface area contributed by atoms with E-state index in [1.54, 1.807) is 11.4 Å². The molecule has 0 aromatic heterocycles. The van der Waals surface area contributed by atoms with Crippen molar-refractivity contribution in [3.05, 3.63) is 35.9 Å². The summed E-state index contributed by atoms with van der Waals surface area (Å²) in [4.78, 5) is 0. The first-order chi connectivity index (χ1) is 10.4. The van der Waals surface area contributed by atoms with Gasteiger partial charge in [-0.3, -0.25) is 0 Å². The normalized spacial score (nSPS) is 25.3. The van der Waals surface area contributed by atoms with Gasteiger partial charge in [0.2, 0.25) is 0 Å². The topological polar surface area (TPSA) is 60.9 Å². The SMILES string of the molecule is CN(Cc1ccccc1)S(=O)(=O)N1CCCC(C2(O)CC2)C1. The summed E-state index contributed by atoms with van der Waals surface area (Å²) in [6, 6.07) is 9.60. The van der Waals surface area contributed by atoms with Gasteiger partial charge in [-0.2, -0.15) is 17.0 Å². The number of aliphatic hydroxyl groups is 1. The smallest absolute Gasteiger partial charge is 0.282 e. The standard InChI is InChI=1S/C16H24N2O3S/c1-17(12-14-6-3-2-4-7-14)22(20,21)18-11-5-8-15(13-18)16(19)9-10-16/h2-4,6-7,15,19H,5,8-13H2,1H3. The van der Waals surface area contributed by atoms with Gasteiger partial charge >= 0.3 is 0 Å². The highest BCUT2D eigenvalue weighted by Crippen LogP contribution is 2.45. The zero-order valence-electron chi connectivity index (χ0n) is 13.0. The highest BCUT2D eigenvalue weighted by Gasteiger charge is 2.50. The second kappa shape index (κ2) is 5.92. The maximum absolute atomic E-state index is 12.8. The average molecular weight is 324 g/mol. The minimum atomic E-state index is -3.47. The third-order valence-electron chi connectivity index (χ3n) is 4.87. The number of hydrogen-bond acceptors (Lipinski definition) is 3. The molecule has 1 heterocycles. The number of hydrogen-bond donors (Lipinski definition) is 1. The largest absolute Gasteiger partial charge is 0.390 e. The molecule has 0 spiro atoms. The monoisotopic (exact) mass is 324 g/mol. The van der Waals surface area contributed by atoms with E-state index in [0.717, 1.165) is 31.2 Å². The van der Waals surface area contributed by atoms with Crippen LogP contribution in [0.1, 0.15) is 31.2 Å². The minimum absolute atomic E-state index is 0.0844. The molecule has 0 amide bonds. The summed E-state index contributed by atoms with van der Waals surface area (Å²) in [5, 5.41) is 10.3. The fourth-order valence-corrected chi connectivity index (χ4v) is 4.68. The maximum Gasteiger partial charge on any atom is 0.282 e. The minimum Gasteiger partial charge on any atom is -0.390 e. The number of rotatable bonds is 5. The highest BCUT2D eigenvalue weighted by molar-refractivity contribution is 7.86. The van der Waals surface area contributed by atoms with Crippen LogP contribution in [-0.4, -0.2) is 47.9 Å². The highest BCUT2D eigenvalue weighted by atomic mass is 32.2. The molecule has 3 rings (SSSR count). The second-order valence-corrected chi connectivity index (χ2v) is 8.59. The van der Waals surface area contributed by atoms with E-state index in [4.69, 9.17) is 0 Å². The van der Waals surface area contributed by atoms with Crippen molar-refractivity contribution < 1.29 is 13.5 Å². The third kappa shape index (κ3) is 3.20. The summed E-state index contributed by atoms with van der Waals surface area (Å²) in [6.45, 7) is 1.36. The molecule has 1 aromatic carbocycles. The van der Waals surface area contributed by atoms with Crippen molar-refractivity contribution in [2.24, 2.45) is 5.92 Å². The van der Waals surface area contributed by atoms with E-state index in [-0.39, 0.29) is 5.92 Å². The summed E-state index contributed by atoms with van der Waals surface area (Å²) >= 11 is 0. The molecule has 0 bridgehead atoms. The Morgan fingerprint density at radius 3 is 2.64 bits per heavy atom. The van der Waals surface area contributed by atoms with Crippen LogP contribution in [0.15, 0.2) is 30.3 Å². The van der Waals surface area contributed by atoms with Gasteiger partial charge in [-0.05, 0) is 31.2 Å². The van der Waals surface area contributed by atoms with E-state index in [0.29, 0.717) is 19.6 Å². The van der Waals surface area contributed by atoms with Crippen molar-refractivity contribution in [3.63, 3.8) is 0 Å². The quantitative estimate of drug-likeness (QED) is 0.895. The van der Waals surface area contributed by atoms with Crippen LogP contribution >= 0.6 is 0 Å². The van der Waals surface area contributed by atoms with E-state index in [1.165, 1.54) is 4.31 Å². The Hall–Kier alpha value is -0.950. The van der Waals surface area contributed by atoms with Crippen molar-refractivity contribution >= 4 is 10.2 Å². The molecule has 5 nitrogen and oxygen atoms in total. The zero-order valence-corrected chi connectivity index (χ0v) is 13.8. The van der Waals surface area contributed by atoms with Gasteiger partial charge in [0.1, 0.15) is 0 Å². The molecule has 1 aliphatic carbocycles. The van der Waals surface area contributed by atoms with Gasteiger partial charge in [-0.1, -0.05) is 30.3 Å². The number of benzene rings is 1. The molecular weight excluding hydrogens is 300 g/mol. The van der Waals surface area contributed by atoms with Gasteiger partial charge in [0.05, 0.1) is 5.60 Å². The first-order valence-electron chi connectivity index (χ1n) is 7.89. The van der Waals surface area contributed by atoms with Crippen LogP contribution in [0.5, 0.6) is 0 Å². The number of nitrogens with zero attached hydrogens (tertiary/aromatic N) is 2. The van der Waals surface area contributed by atoms with E-state index in [1.807, 2.05) is 30.3 Å². The van der Waals surface area contributed by atoms with Crippen LogP contribution < -0.4 is 0 Å². The Kier molecular flexibility index (Phi) is 4.29. The molecule has 0 radical (unpaired) electrons. The second-order valence-electron chi connectivity index (χ2n) is 6.55. The van der Waals surface area contributed by atoms with Crippen molar-refractivity contribution in [1.29, 1.82) is 0 Å². The van der Waals surface area contributed by atoms with Gasteiger partial charge in [-0.15, -0.1) is 0 Å². The molecule has 122 valence electrons. The molecule has 1 saturated carbocycles. The summed E-state index contributed by atoms with van der Waals surface area (Å²) in [5.74, 6) is 0.0844. The molecule has 2 fully saturated rings. The molecule has 1 aliphatic heterocycles. The molecule has 1 atom stereocenters. The first kappa shape index (κ1) is 15.9. The molecule has 6 heteroatoms. The van der Waals surface area contributed by atoms with Crippen molar-refractivity contribution in [2.45, 2.75) is 37.8 Å². The van der Waals surface area contributed by atoms with Crippen LogP contribution in [0.2, 0.25) is 0 Å². The van der Waals surface area contributed by atoms with Gasteiger partial charge in [0.15, 0.2) is 0 Å². The van der Waals surface area contributed by atoms with Gasteiger partial charge in [0.25, 0.3) is 10.2 Å². The Bertz CT molecular complexity index is 614. The van der Waals surface area contributed by atoms with Crippen LogP contribution in [0.3, 0.4) is 0 Å². The predicted octanol–water partition coefficient (Wildman–Crippen LogP) is 1.60. The van der Waals surface area contributed by atoms with Crippen molar-refractivity contribution in [1.82, 2.24) is 8.61 Å². The Morgan fingerprint density at radius 1 is 1.32 bits per heavy atom. The van der Waals surface area contributed by atoms with Crippen LogP contribution in [-0.2, 0) is 16.8 Å². The first-order valence-corrected chi connectivity index (χ1v) is 9.29. The average Bonchev–Trinajstić information content (AvgIpc) is 3.27. The lowest BCUT2D eigenvalue weighted by molar-refractivity contribution is 0.0503. The summed E-state index contributed by atoms with van der Waals surface area (Å²) in [5.41, 5.74) is 0.370. The van der Waals surface area contributed by atoms with E-state index in [2.05, 4.69) is 0 Å².